The molecule has 1 N–H and O–H groups in total. The number of hydrogen-bond donors (Lipinski definition) is 1. The molecule has 1 unspecified atom stereocenters. The number of nitrogens with zero attached hydrogens (tertiary/aromatic N) is 2. The molecule has 1 aliphatic heterocycles. The Bertz CT molecular complexity index is 1080. The van der Waals surface area contributed by atoms with Gasteiger partial charge in [0.1, 0.15) is 0 Å². The van der Waals surface area contributed by atoms with Crippen molar-refractivity contribution < 1.29 is 19.4 Å². The summed E-state index contributed by atoms with van der Waals surface area (Å²) in [7, 11) is 1.62. The lowest BCUT2D eigenvalue weighted by Crippen LogP contribution is -2.40. The molecular formula is C21H23ClN2O4. The summed E-state index contributed by atoms with van der Waals surface area (Å²) in [6, 6.07) is 7.93. The molecule has 0 saturated heterocycles. The maximum Gasteiger partial charge on any atom is 0.337 e. The van der Waals surface area contributed by atoms with Crippen molar-refractivity contribution in [2.24, 2.45) is 0 Å². The summed E-state index contributed by atoms with van der Waals surface area (Å²) in [5.74, 6) is -1.45. The van der Waals surface area contributed by atoms with E-state index in [-0.39, 0.29) is 18.0 Å². The summed E-state index contributed by atoms with van der Waals surface area (Å²) >= 11 is 0. The molecule has 0 saturated carbocycles. The third kappa shape index (κ3) is 2.84. The maximum absolute atomic E-state index is 11.9. The maximum atomic E-state index is 11.9. The number of imidazole rings is 1. The Hall–Kier alpha value is -2.57. The van der Waals surface area contributed by atoms with E-state index in [1.54, 1.807) is 17.7 Å². The van der Waals surface area contributed by atoms with E-state index in [4.69, 9.17) is 9.47 Å². The zero-order chi connectivity index (χ0) is 19.3. The standard InChI is InChI=1S/C21H22N2O4.ClH/c1-12-7-5-6-8-17(12)21(26-4)10-9-15-16(20(24)25)11-23-14(3)13(2)22-19(23)18(15)27-21;/h5-8,11H,9-10H2,1-4H3,(H,24,25);1H. The van der Waals surface area contributed by atoms with Crippen LogP contribution in [-0.2, 0) is 16.9 Å². The Kier molecular flexibility index (Phi) is 5.12. The van der Waals surface area contributed by atoms with Gasteiger partial charge < -0.3 is 19.0 Å². The Morgan fingerprint density at radius 2 is 2.00 bits per heavy atom. The fraction of sp³-hybridized carbons (Fsp3) is 0.333. The molecule has 4 rings (SSSR count). The summed E-state index contributed by atoms with van der Waals surface area (Å²) < 4.78 is 14.1. The highest BCUT2D eigenvalue weighted by molar-refractivity contribution is 5.91. The highest BCUT2D eigenvalue weighted by Gasteiger charge is 2.42. The highest BCUT2D eigenvalue weighted by Crippen LogP contribution is 2.44. The minimum absolute atomic E-state index is 0. The monoisotopic (exact) mass is 402 g/mol. The first kappa shape index (κ1) is 20.2. The van der Waals surface area contributed by atoms with Crippen molar-refractivity contribution in [3.63, 3.8) is 0 Å². The molecule has 6 nitrogen and oxygen atoms in total. The molecule has 3 heterocycles. The number of methoxy groups -OCH3 is 1. The lowest BCUT2D eigenvalue weighted by molar-refractivity contribution is -0.183. The van der Waals surface area contributed by atoms with Gasteiger partial charge in [-0.25, -0.2) is 9.78 Å². The Balaban J connectivity index is 0.00000225. The van der Waals surface area contributed by atoms with Crippen LogP contribution in [0.25, 0.3) is 5.65 Å². The van der Waals surface area contributed by atoms with E-state index in [2.05, 4.69) is 4.98 Å². The van der Waals surface area contributed by atoms with Gasteiger partial charge >= 0.3 is 5.97 Å². The first-order valence-corrected chi connectivity index (χ1v) is 8.92. The van der Waals surface area contributed by atoms with E-state index in [1.807, 2.05) is 45.0 Å². The SMILES string of the molecule is COC1(c2ccccc2C)CCc2c(C(=O)O)cn3c(C)c(C)nc3c2O1.Cl. The number of ether oxygens (including phenoxy) is 2. The van der Waals surface area contributed by atoms with Crippen molar-refractivity contribution in [3.8, 4) is 5.75 Å². The number of aryl methyl sites for hydroxylation is 3. The molecule has 1 aromatic carbocycles. The fourth-order valence-electron chi connectivity index (χ4n) is 3.90. The quantitative estimate of drug-likeness (QED) is 0.710. The first-order valence-electron chi connectivity index (χ1n) is 8.92. The molecule has 0 amide bonds. The number of carboxylic acids is 1. The second-order valence-corrected chi connectivity index (χ2v) is 7.01. The van der Waals surface area contributed by atoms with Gasteiger partial charge in [0.25, 0.3) is 0 Å². The number of fused-ring (bicyclic) bond motifs is 3. The van der Waals surface area contributed by atoms with Crippen LogP contribution >= 0.6 is 12.4 Å². The molecule has 1 aliphatic rings. The molecule has 3 aromatic rings. The van der Waals surface area contributed by atoms with Crippen molar-refractivity contribution >= 4 is 24.0 Å². The summed E-state index contributed by atoms with van der Waals surface area (Å²) in [4.78, 5) is 16.5. The summed E-state index contributed by atoms with van der Waals surface area (Å²) in [5.41, 5.74) is 5.27. The van der Waals surface area contributed by atoms with Crippen LogP contribution < -0.4 is 4.74 Å². The number of carboxylic acid groups (broad SMARTS) is 1. The predicted molar refractivity (Wildman–Crippen MR) is 108 cm³/mol. The van der Waals surface area contributed by atoms with Crippen molar-refractivity contribution in [2.75, 3.05) is 7.11 Å². The molecule has 7 heteroatoms. The number of benzene rings is 1. The van der Waals surface area contributed by atoms with Crippen molar-refractivity contribution in [1.29, 1.82) is 0 Å². The fourth-order valence-corrected chi connectivity index (χ4v) is 3.90. The average Bonchev–Trinajstić information content (AvgIpc) is 2.95. The number of carbonyl (C=O) groups is 1. The zero-order valence-electron chi connectivity index (χ0n) is 16.3. The summed E-state index contributed by atoms with van der Waals surface area (Å²) in [6.07, 6.45) is 2.69. The summed E-state index contributed by atoms with van der Waals surface area (Å²) in [6.45, 7) is 5.84. The van der Waals surface area contributed by atoms with Gasteiger partial charge in [-0.05, 0) is 32.8 Å². The molecule has 0 fully saturated rings. The summed E-state index contributed by atoms with van der Waals surface area (Å²) in [5, 5.41) is 9.73. The van der Waals surface area contributed by atoms with E-state index in [9.17, 15) is 9.90 Å². The molecule has 148 valence electrons. The number of halogens is 1. The number of aromatic carboxylic acids is 1. The molecule has 2 aromatic heterocycles. The molecule has 0 radical (unpaired) electrons. The van der Waals surface area contributed by atoms with Crippen LogP contribution in [0.3, 0.4) is 0 Å². The molecular weight excluding hydrogens is 380 g/mol. The van der Waals surface area contributed by atoms with Crippen LogP contribution in [0.1, 0.15) is 44.9 Å². The van der Waals surface area contributed by atoms with Crippen LogP contribution in [0.15, 0.2) is 30.5 Å². The van der Waals surface area contributed by atoms with Gasteiger partial charge in [0, 0.05) is 36.5 Å². The third-order valence-corrected chi connectivity index (χ3v) is 5.53. The van der Waals surface area contributed by atoms with Gasteiger partial charge in [-0.2, -0.15) is 0 Å². The van der Waals surface area contributed by atoms with E-state index in [0.29, 0.717) is 29.8 Å². The average molecular weight is 403 g/mol. The Labute approximate surface area is 169 Å². The van der Waals surface area contributed by atoms with Gasteiger partial charge in [-0.3, -0.25) is 0 Å². The van der Waals surface area contributed by atoms with E-state index in [1.165, 1.54) is 0 Å². The van der Waals surface area contributed by atoms with Gasteiger partial charge in [-0.15, -0.1) is 12.4 Å². The Morgan fingerprint density at radius 1 is 1.29 bits per heavy atom. The minimum atomic E-state index is -0.969. The molecule has 0 bridgehead atoms. The molecule has 0 aliphatic carbocycles. The third-order valence-electron chi connectivity index (χ3n) is 5.53. The van der Waals surface area contributed by atoms with E-state index >= 15 is 0 Å². The minimum Gasteiger partial charge on any atom is -0.478 e. The van der Waals surface area contributed by atoms with Gasteiger partial charge in [0.15, 0.2) is 11.4 Å². The molecule has 28 heavy (non-hydrogen) atoms. The van der Waals surface area contributed by atoms with E-state index in [0.717, 1.165) is 22.5 Å². The highest BCUT2D eigenvalue weighted by atomic mass is 35.5. The molecule has 0 spiro atoms. The zero-order valence-corrected chi connectivity index (χ0v) is 17.1. The van der Waals surface area contributed by atoms with Crippen molar-refractivity contribution in [3.05, 3.63) is 64.1 Å². The number of hydrogen-bond acceptors (Lipinski definition) is 4. The Morgan fingerprint density at radius 3 is 2.64 bits per heavy atom. The first-order chi connectivity index (χ1) is 12.9. The van der Waals surface area contributed by atoms with Gasteiger partial charge in [0.05, 0.1) is 11.3 Å². The number of rotatable bonds is 3. The van der Waals surface area contributed by atoms with Crippen LogP contribution in [0.2, 0.25) is 0 Å². The lowest BCUT2D eigenvalue weighted by atomic mass is 9.90. The number of pyridine rings is 1. The second-order valence-electron chi connectivity index (χ2n) is 7.01. The van der Waals surface area contributed by atoms with Crippen LogP contribution in [0.5, 0.6) is 5.75 Å². The smallest absolute Gasteiger partial charge is 0.337 e. The topological polar surface area (TPSA) is 73.1 Å². The van der Waals surface area contributed by atoms with Gasteiger partial charge in [0.2, 0.25) is 5.79 Å². The van der Waals surface area contributed by atoms with Crippen LogP contribution in [-0.4, -0.2) is 27.6 Å². The molecule has 1 atom stereocenters. The van der Waals surface area contributed by atoms with E-state index < -0.39 is 11.8 Å². The number of aromatic nitrogens is 2. The predicted octanol–water partition coefficient (Wildman–Crippen LogP) is 4.20. The van der Waals surface area contributed by atoms with Crippen molar-refractivity contribution in [1.82, 2.24) is 9.38 Å². The second kappa shape index (κ2) is 7.11. The lowest BCUT2D eigenvalue weighted by Gasteiger charge is -2.38. The normalized spacial score (nSPS) is 18.3. The van der Waals surface area contributed by atoms with Crippen molar-refractivity contribution in [2.45, 2.75) is 39.4 Å². The largest absolute Gasteiger partial charge is 0.478 e. The van der Waals surface area contributed by atoms with Gasteiger partial charge in [-0.1, -0.05) is 24.3 Å². The van der Waals surface area contributed by atoms with Crippen LogP contribution in [0, 0.1) is 20.8 Å². The van der Waals surface area contributed by atoms with Crippen LogP contribution in [0.4, 0.5) is 0 Å².